The molecule has 8 nitrogen and oxygen atoms in total. The summed E-state index contributed by atoms with van der Waals surface area (Å²) in [5, 5.41) is 4.18. The highest BCUT2D eigenvalue weighted by molar-refractivity contribution is 6.33. The third kappa shape index (κ3) is 5.30. The van der Waals surface area contributed by atoms with Crippen LogP contribution in [0.3, 0.4) is 0 Å². The van der Waals surface area contributed by atoms with Crippen molar-refractivity contribution in [2.75, 3.05) is 18.1 Å². The van der Waals surface area contributed by atoms with E-state index in [4.69, 9.17) is 22.1 Å². The zero-order chi connectivity index (χ0) is 23.3. The largest absolute Gasteiger partial charge is 0.452 e. The molecule has 0 bridgehead atoms. The Kier molecular flexibility index (Phi) is 7.21. The van der Waals surface area contributed by atoms with Crippen molar-refractivity contribution in [3.63, 3.8) is 0 Å². The van der Waals surface area contributed by atoms with E-state index < -0.39 is 30.2 Å². The molecule has 0 fully saturated rings. The van der Waals surface area contributed by atoms with E-state index in [9.17, 15) is 18.8 Å². The maximum atomic E-state index is 13.2. The van der Waals surface area contributed by atoms with Gasteiger partial charge in [0.2, 0.25) is 5.91 Å². The first-order valence-corrected chi connectivity index (χ1v) is 9.97. The Balaban J connectivity index is 1.74. The minimum atomic E-state index is -0.836. The molecule has 10 heteroatoms. The lowest BCUT2D eigenvalue weighted by Gasteiger charge is -2.22. The Bertz CT molecular complexity index is 1130. The van der Waals surface area contributed by atoms with E-state index in [-0.39, 0.29) is 29.4 Å². The van der Waals surface area contributed by atoms with Crippen molar-refractivity contribution in [2.24, 2.45) is 5.73 Å². The van der Waals surface area contributed by atoms with Gasteiger partial charge in [-0.3, -0.25) is 9.59 Å². The number of esters is 1. The molecular formula is C22H20ClFN4O4. The van der Waals surface area contributed by atoms with E-state index in [1.165, 1.54) is 33.8 Å². The first kappa shape index (κ1) is 23.0. The summed E-state index contributed by atoms with van der Waals surface area (Å²) in [4.78, 5) is 37.9. The summed E-state index contributed by atoms with van der Waals surface area (Å²) in [7, 11) is 0. The number of aryl methyl sites for hydroxylation is 1. The summed E-state index contributed by atoms with van der Waals surface area (Å²) in [5.41, 5.74) is 6.47. The highest BCUT2D eigenvalue weighted by Gasteiger charge is 2.25. The molecule has 32 heavy (non-hydrogen) atoms. The zero-order valence-electron chi connectivity index (χ0n) is 17.1. The van der Waals surface area contributed by atoms with Gasteiger partial charge in [-0.25, -0.2) is 13.9 Å². The fraction of sp³-hybridized carbons (Fsp3) is 0.182. The van der Waals surface area contributed by atoms with Crippen LogP contribution in [0, 0.1) is 12.7 Å². The molecule has 166 valence electrons. The van der Waals surface area contributed by atoms with Gasteiger partial charge in [-0.1, -0.05) is 29.8 Å². The van der Waals surface area contributed by atoms with E-state index in [1.807, 2.05) is 0 Å². The highest BCUT2D eigenvalue weighted by atomic mass is 35.5. The first-order chi connectivity index (χ1) is 15.3. The summed E-state index contributed by atoms with van der Waals surface area (Å²) in [6, 6.07) is 14.0. The van der Waals surface area contributed by atoms with Crippen LogP contribution in [0.25, 0.3) is 5.69 Å². The Hall–Kier alpha value is -3.72. The second-order valence-electron chi connectivity index (χ2n) is 6.81. The standard InChI is InChI=1S/C22H20ClFN4O4/c1-14-20(21(23)28(26-14)17-9-7-15(24)8-10-17)22(31)32-13-19(30)27(12-11-18(25)29)16-5-3-2-4-6-16/h2-10H,11-13H2,1H3,(H2,25,29). The predicted molar refractivity (Wildman–Crippen MR) is 116 cm³/mol. The van der Waals surface area contributed by atoms with Crippen molar-refractivity contribution < 1.29 is 23.5 Å². The van der Waals surface area contributed by atoms with Crippen LogP contribution in [0.5, 0.6) is 0 Å². The van der Waals surface area contributed by atoms with Gasteiger partial charge >= 0.3 is 5.97 Å². The molecule has 0 radical (unpaired) electrons. The first-order valence-electron chi connectivity index (χ1n) is 9.60. The van der Waals surface area contributed by atoms with Crippen molar-refractivity contribution in [1.29, 1.82) is 0 Å². The molecule has 2 amide bonds. The number of benzene rings is 2. The molecular weight excluding hydrogens is 439 g/mol. The van der Waals surface area contributed by atoms with Crippen molar-refractivity contribution >= 4 is 35.1 Å². The van der Waals surface area contributed by atoms with Crippen LogP contribution in [-0.4, -0.2) is 40.7 Å². The van der Waals surface area contributed by atoms with E-state index in [2.05, 4.69) is 5.10 Å². The number of nitrogens with zero attached hydrogens (tertiary/aromatic N) is 3. The van der Waals surface area contributed by atoms with Crippen LogP contribution >= 0.6 is 11.6 Å². The normalized spacial score (nSPS) is 10.6. The summed E-state index contributed by atoms with van der Waals surface area (Å²) >= 11 is 6.32. The molecule has 3 aromatic rings. The lowest BCUT2D eigenvalue weighted by Crippen LogP contribution is -2.37. The van der Waals surface area contributed by atoms with E-state index in [1.54, 1.807) is 37.3 Å². The topological polar surface area (TPSA) is 108 Å². The Morgan fingerprint density at radius 1 is 1.12 bits per heavy atom. The molecule has 1 heterocycles. The smallest absolute Gasteiger partial charge is 0.343 e. The molecule has 1 aromatic heterocycles. The van der Waals surface area contributed by atoms with Gasteiger partial charge in [-0.15, -0.1) is 0 Å². The van der Waals surface area contributed by atoms with Crippen LogP contribution in [0.4, 0.5) is 10.1 Å². The number of ether oxygens (including phenoxy) is 1. The molecule has 0 aliphatic rings. The summed E-state index contributed by atoms with van der Waals surface area (Å²) in [5.74, 6) is -2.36. The third-order valence-electron chi connectivity index (χ3n) is 4.56. The number of hydrogen-bond acceptors (Lipinski definition) is 5. The highest BCUT2D eigenvalue weighted by Crippen LogP contribution is 2.24. The number of primary amides is 1. The molecule has 0 saturated heterocycles. The number of para-hydroxylation sites is 1. The maximum absolute atomic E-state index is 13.2. The fourth-order valence-corrected chi connectivity index (χ4v) is 3.34. The summed E-state index contributed by atoms with van der Waals surface area (Å²) in [6.07, 6.45) is -0.0516. The van der Waals surface area contributed by atoms with Gasteiger partial charge in [-0.05, 0) is 43.3 Å². The summed E-state index contributed by atoms with van der Waals surface area (Å²) in [6.45, 7) is 1.02. The SMILES string of the molecule is Cc1nn(-c2ccc(F)cc2)c(Cl)c1C(=O)OCC(=O)N(CCC(N)=O)c1ccccc1. The third-order valence-corrected chi connectivity index (χ3v) is 4.91. The Morgan fingerprint density at radius 2 is 1.78 bits per heavy atom. The van der Waals surface area contributed by atoms with Crippen LogP contribution < -0.4 is 10.6 Å². The number of carbonyl (C=O) groups excluding carboxylic acids is 3. The van der Waals surface area contributed by atoms with E-state index in [0.717, 1.165) is 0 Å². The molecule has 0 atom stereocenters. The number of amides is 2. The summed E-state index contributed by atoms with van der Waals surface area (Å²) < 4.78 is 19.6. The average molecular weight is 459 g/mol. The van der Waals surface area contributed by atoms with Crippen molar-refractivity contribution in [1.82, 2.24) is 9.78 Å². The van der Waals surface area contributed by atoms with Gasteiger partial charge in [-0.2, -0.15) is 5.10 Å². The van der Waals surface area contributed by atoms with Gasteiger partial charge in [0.1, 0.15) is 16.5 Å². The van der Waals surface area contributed by atoms with Crippen LogP contribution in [-0.2, 0) is 14.3 Å². The number of halogens is 2. The van der Waals surface area contributed by atoms with Crippen LogP contribution in [0.1, 0.15) is 22.5 Å². The Labute approximate surface area is 188 Å². The molecule has 2 N–H and O–H groups in total. The number of carbonyl (C=O) groups is 3. The molecule has 3 rings (SSSR count). The van der Waals surface area contributed by atoms with Crippen molar-refractivity contribution in [3.05, 3.63) is 76.8 Å². The van der Waals surface area contributed by atoms with Crippen LogP contribution in [0.15, 0.2) is 54.6 Å². The quantitative estimate of drug-likeness (QED) is 0.522. The number of anilines is 1. The molecule has 0 aliphatic heterocycles. The minimum Gasteiger partial charge on any atom is -0.452 e. The van der Waals surface area contributed by atoms with Gasteiger partial charge in [0.15, 0.2) is 6.61 Å². The van der Waals surface area contributed by atoms with Crippen molar-refractivity contribution in [3.8, 4) is 5.69 Å². The number of hydrogen-bond donors (Lipinski definition) is 1. The van der Waals surface area contributed by atoms with Gasteiger partial charge in [0.25, 0.3) is 5.91 Å². The van der Waals surface area contributed by atoms with Gasteiger partial charge in [0.05, 0.1) is 11.4 Å². The van der Waals surface area contributed by atoms with Crippen LogP contribution in [0.2, 0.25) is 5.15 Å². The lowest BCUT2D eigenvalue weighted by molar-refractivity contribution is -0.121. The number of aromatic nitrogens is 2. The molecule has 2 aromatic carbocycles. The number of nitrogens with two attached hydrogens (primary N) is 1. The Morgan fingerprint density at radius 3 is 2.41 bits per heavy atom. The van der Waals surface area contributed by atoms with E-state index >= 15 is 0 Å². The van der Waals surface area contributed by atoms with Crippen molar-refractivity contribution in [2.45, 2.75) is 13.3 Å². The second-order valence-corrected chi connectivity index (χ2v) is 7.17. The number of rotatable bonds is 8. The van der Waals surface area contributed by atoms with Gasteiger partial charge in [0, 0.05) is 18.7 Å². The fourth-order valence-electron chi connectivity index (χ4n) is 2.99. The maximum Gasteiger partial charge on any atom is 0.343 e. The predicted octanol–water partition coefficient (Wildman–Crippen LogP) is 3.04. The minimum absolute atomic E-state index is 0.00723. The lowest BCUT2D eigenvalue weighted by atomic mass is 10.2. The van der Waals surface area contributed by atoms with Gasteiger partial charge < -0.3 is 15.4 Å². The molecule has 0 aliphatic carbocycles. The molecule has 0 unspecified atom stereocenters. The average Bonchev–Trinajstić information content (AvgIpc) is 3.07. The monoisotopic (exact) mass is 458 g/mol. The zero-order valence-corrected chi connectivity index (χ0v) is 17.9. The second kappa shape index (κ2) is 10.1. The molecule has 0 saturated carbocycles. The molecule has 0 spiro atoms. The van der Waals surface area contributed by atoms with E-state index in [0.29, 0.717) is 11.4 Å².